The standard InChI is InChI=1S/C13H17ClN2O3/c1-2-16(7-8-17)13(19)12(18)15-9-10-5-3-4-6-11(10)14/h3-6,17H,2,7-9H2,1H3,(H,15,18). The lowest BCUT2D eigenvalue weighted by atomic mass is 10.2. The molecule has 0 aliphatic rings. The van der Waals surface area contributed by atoms with Crippen molar-refractivity contribution in [3.63, 3.8) is 0 Å². The third-order valence-corrected chi connectivity index (χ3v) is 3.00. The lowest BCUT2D eigenvalue weighted by Gasteiger charge is -2.18. The van der Waals surface area contributed by atoms with E-state index in [2.05, 4.69) is 5.32 Å². The molecule has 0 aromatic heterocycles. The van der Waals surface area contributed by atoms with Gasteiger partial charge in [0, 0.05) is 24.7 Å². The fourth-order valence-corrected chi connectivity index (χ4v) is 1.76. The number of nitrogens with one attached hydrogen (secondary N) is 1. The predicted octanol–water partition coefficient (Wildman–Crippen LogP) is 0.797. The topological polar surface area (TPSA) is 69.6 Å². The molecular weight excluding hydrogens is 268 g/mol. The first kappa shape index (κ1) is 15.5. The first-order valence-electron chi connectivity index (χ1n) is 6.01. The van der Waals surface area contributed by atoms with E-state index in [0.717, 1.165) is 5.56 Å². The monoisotopic (exact) mass is 284 g/mol. The lowest BCUT2D eigenvalue weighted by molar-refractivity contribution is -0.146. The number of carbonyl (C=O) groups is 2. The van der Waals surface area contributed by atoms with E-state index >= 15 is 0 Å². The van der Waals surface area contributed by atoms with E-state index in [4.69, 9.17) is 16.7 Å². The molecule has 0 aliphatic heterocycles. The molecule has 0 atom stereocenters. The maximum Gasteiger partial charge on any atom is 0.311 e. The van der Waals surface area contributed by atoms with Crippen LogP contribution in [-0.2, 0) is 16.1 Å². The highest BCUT2D eigenvalue weighted by Gasteiger charge is 2.19. The molecule has 2 N–H and O–H groups in total. The molecule has 19 heavy (non-hydrogen) atoms. The number of nitrogens with zero attached hydrogens (tertiary/aromatic N) is 1. The zero-order chi connectivity index (χ0) is 14.3. The van der Waals surface area contributed by atoms with Crippen molar-refractivity contribution >= 4 is 23.4 Å². The van der Waals surface area contributed by atoms with Crippen LogP contribution in [0.4, 0.5) is 0 Å². The van der Waals surface area contributed by atoms with Crippen LogP contribution in [0.1, 0.15) is 12.5 Å². The Morgan fingerprint density at radius 1 is 1.37 bits per heavy atom. The van der Waals surface area contributed by atoms with Crippen LogP contribution in [-0.4, -0.2) is 41.5 Å². The molecule has 0 bridgehead atoms. The smallest absolute Gasteiger partial charge is 0.311 e. The minimum Gasteiger partial charge on any atom is -0.395 e. The summed E-state index contributed by atoms with van der Waals surface area (Å²) in [6, 6.07) is 7.09. The summed E-state index contributed by atoms with van der Waals surface area (Å²) in [5, 5.41) is 11.9. The van der Waals surface area contributed by atoms with E-state index in [1.54, 1.807) is 31.2 Å². The maximum atomic E-state index is 11.7. The summed E-state index contributed by atoms with van der Waals surface area (Å²) < 4.78 is 0. The van der Waals surface area contributed by atoms with Gasteiger partial charge in [0.15, 0.2) is 0 Å². The third kappa shape index (κ3) is 4.54. The number of rotatable bonds is 5. The number of aliphatic hydroxyl groups excluding tert-OH is 1. The van der Waals surface area contributed by atoms with Crippen LogP contribution in [0.2, 0.25) is 5.02 Å². The van der Waals surface area contributed by atoms with E-state index in [9.17, 15) is 9.59 Å². The van der Waals surface area contributed by atoms with Crippen molar-refractivity contribution in [1.82, 2.24) is 10.2 Å². The van der Waals surface area contributed by atoms with E-state index in [-0.39, 0.29) is 19.7 Å². The second-order valence-electron chi connectivity index (χ2n) is 3.88. The highest BCUT2D eigenvalue weighted by Crippen LogP contribution is 2.14. The Kier molecular flexibility index (Phi) is 6.32. The van der Waals surface area contributed by atoms with Crippen molar-refractivity contribution in [3.05, 3.63) is 34.9 Å². The van der Waals surface area contributed by atoms with Gasteiger partial charge >= 0.3 is 11.8 Å². The molecule has 0 heterocycles. The average Bonchev–Trinajstić information content (AvgIpc) is 2.42. The summed E-state index contributed by atoms with van der Waals surface area (Å²) in [6.45, 7) is 2.29. The summed E-state index contributed by atoms with van der Waals surface area (Å²) in [5.41, 5.74) is 0.746. The van der Waals surface area contributed by atoms with Gasteiger partial charge in [0.2, 0.25) is 0 Å². The minimum atomic E-state index is -0.699. The van der Waals surface area contributed by atoms with Crippen LogP contribution >= 0.6 is 11.6 Å². The van der Waals surface area contributed by atoms with Gasteiger partial charge in [-0.3, -0.25) is 9.59 Å². The van der Waals surface area contributed by atoms with Crippen molar-refractivity contribution in [2.75, 3.05) is 19.7 Å². The number of hydrogen-bond donors (Lipinski definition) is 2. The molecule has 0 spiro atoms. The van der Waals surface area contributed by atoms with Crippen LogP contribution in [0, 0.1) is 0 Å². The number of benzene rings is 1. The molecule has 0 fully saturated rings. The Morgan fingerprint density at radius 2 is 2.05 bits per heavy atom. The summed E-state index contributed by atoms with van der Waals surface area (Å²) in [5.74, 6) is -1.35. The van der Waals surface area contributed by atoms with Crippen LogP contribution in [0.25, 0.3) is 0 Å². The molecule has 6 heteroatoms. The number of aliphatic hydroxyl groups is 1. The first-order chi connectivity index (χ1) is 9.10. The van der Waals surface area contributed by atoms with Crippen molar-refractivity contribution < 1.29 is 14.7 Å². The van der Waals surface area contributed by atoms with Gasteiger partial charge < -0.3 is 15.3 Å². The summed E-state index contributed by atoms with van der Waals surface area (Å²) in [7, 11) is 0. The molecule has 0 radical (unpaired) electrons. The van der Waals surface area contributed by atoms with Gasteiger partial charge in [0.25, 0.3) is 0 Å². The Labute approximate surface area is 117 Å². The summed E-state index contributed by atoms with van der Waals surface area (Å²) in [6.07, 6.45) is 0. The van der Waals surface area contributed by atoms with Gasteiger partial charge in [0.05, 0.1) is 6.61 Å². The first-order valence-corrected chi connectivity index (χ1v) is 6.39. The van der Waals surface area contributed by atoms with E-state index in [0.29, 0.717) is 11.6 Å². The molecule has 0 saturated carbocycles. The molecule has 0 saturated heterocycles. The Morgan fingerprint density at radius 3 is 2.63 bits per heavy atom. The van der Waals surface area contributed by atoms with Crippen LogP contribution in [0.3, 0.4) is 0 Å². The minimum absolute atomic E-state index is 0.148. The van der Waals surface area contributed by atoms with Crippen molar-refractivity contribution in [2.24, 2.45) is 0 Å². The second kappa shape index (κ2) is 7.76. The molecule has 0 aliphatic carbocycles. The number of carbonyl (C=O) groups excluding carboxylic acids is 2. The van der Waals surface area contributed by atoms with Gasteiger partial charge in [0.1, 0.15) is 0 Å². The van der Waals surface area contributed by atoms with Crippen molar-refractivity contribution in [3.8, 4) is 0 Å². The molecule has 2 amide bonds. The SMILES string of the molecule is CCN(CCO)C(=O)C(=O)NCc1ccccc1Cl. The quantitative estimate of drug-likeness (QED) is 0.786. The largest absolute Gasteiger partial charge is 0.395 e. The normalized spacial score (nSPS) is 10.1. The van der Waals surface area contributed by atoms with Crippen molar-refractivity contribution in [1.29, 1.82) is 0 Å². The number of likely N-dealkylation sites (N-methyl/N-ethyl adjacent to an activating group) is 1. The van der Waals surface area contributed by atoms with Gasteiger partial charge in [-0.15, -0.1) is 0 Å². The Hall–Kier alpha value is -1.59. The fraction of sp³-hybridized carbons (Fsp3) is 0.385. The zero-order valence-corrected chi connectivity index (χ0v) is 11.5. The Balaban J connectivity index is 2.55. The highest BCUT2D eigenvalue weighted by atomic mass is 35.5. The third-order valence-electron chi connectivity index (χ3n) is 2.63. The van der Waals surface area contributed by atoms with Gasteiger partial charge in [-0.25, -0.2) is 0 Å². The fourth-order valence-electron chi connectivity index (χ4n) is 1.56. The van der Waals surface area contributed by atoms with E-state index in [1.165, 1.54) is 4.90 Å². The van der Waals surface area contributed by atoms with Crippen LogP contribution in [0.5, 0.6) is 0 Å². The molecular formula is C13H17ClN2O3. The number of amides is 2. The zero-order valence-electron chi connectivity index (χ0n) is 10.7. The van der Waals surface area contributed by atoms with Gasteiger partial charge in [-0.2, -0.15) is 0 Å². The molecule has 104 valence electrons. The summed E-state index contributed by atoms with van der Waals surface area (Å²) in [4.78, 5) is 24.7. The predicted molar refractivity (Wildman–Crippen MR) is 72.6 cm³/mol. The molecule has 1 rings (SSSR count). The van der Waals surface area contributed by atoms with Crippen LogP contribution in [0.15, 0.2) is 24.3 Å². The lowest BCUT2D eigenvalue weighted by Crippen LogP contribution is -2.43. The van der Waals surface area contributed by atoms with Gasteiger partial charge in [-0.1, -0.05) is 29.8 Å². The van der Waals surface area contributed by atoms with Crippen LogP contribution < -0.4 is 5.32 Å². The molecule has 0 unspecified atom stereocenters. The maximum absolute atomic E-state index is 11.7. The number of halogens is 1. The van der Waals surface area contributed by atoms with Gasteiger partial charge in [-0.05, 0) is 18.6 Å². The average molecular weight is 285 g/mol. The molecule has 5 nitrogen and oxygen atoms in total. The highest BCUT2D eigenvalue weighted by molar-refractivity contribution is 6.35. The molecule has 1 aromatic rings. The number of hydrogen-bond acceptors (Lipinski definition) is 3. The van der Waals surface area contributed by atoms with E-state index < -0.39 is 11.8 Å². The Bertz CT molecular complexity index is 451. The van der Waals surface area contributed by atoms with E-state index in [1.807, 2.05) is 0 Å². The molecule has 1 aromatic carbocycles. The summed E-state index contributed by atoms with van der Waals surface area (Å²) >= 11 is 5.95. The second-order valence-corrected chi connectivity index (χ2v) is 4.29. The van der Waals surface area contributed by atoms with Crippen molar-refractivity contribution in [2.45, 2.75) is 13.5 Å².